The number of anilines is 2. The fraction of sp³-hybridized carbons (Fsp3) is 0.346. The molecule has 2 aromatic carbocycles. The van der Waals surface area contributed by atoms with Crippen molar-refractivity contribution in [3.63, 3.8) is 0 Å². The lowest BCUT2D eigenvalue weighted by molar-refractivity contribution is 0.110. The highest BCUT2D eigenvalue weighted by molar-refractivity contribution is 5.94. The molecule has 0 unspecified atom stereocenters. The van der Waals surface area contributed by atoms with Gasteiger partial charge in [-0.3, -0.25) is 0 Å². The van der Waals surface area contributed by atoms with Crippen LogP contribution in [0.4, 0.5) is 11.4 Å². The summed E-state index contributed by atoms with van der Waals surface area (Å²) in [5, 5.41) is 4.52. The number of para-hydroxylation sites is 1. The van der Waals surface area contributed by atoms with Gasteiger partial charge >= 0.3 is 0 Å². The van der Waals surface area contributed by atoms with Gasteiger partial charge in [-0.25, -0.2) is 4.98 Å². The second kappa shape index (κ2) is 9.57. The van der Waals surface area contributed by atoms with E-state index in [1.807, 2.05) is 42.5 Å². The van der Waals surface area contributed by atoms with Crippen LogP contribution >= 0.6 is 0 Å². The lowest BCUT2D eigenvalue weighted by Gasteiger charge is -2.29. The molecule has 0 aliphatic carbocycles. The molecule has 3 aromatic rings. The largest absolute Gasteiger partial charge is 0.474 e. The van der Waals surface area contributed by atoms with Gasteiger partial charge in [-0.1, -0.05) is 30.0 Å². The first kappa shape index (κ1) is 21.4. The van der Waals surface area contributed by atoms with Crippen LogP contribution in [-0.4, -0.2) is 56.6 Å². The number of hydrogen-bond donors (Lipinski definition) is 1. The van der Waals surface area contributed by atoms with E-state index in [4.69, 9.17) is 23.9 Å². The van der Waals surface area contributed by atoms with Crippen molar-refractivity contribution < 1.29 is 18.9 Å². The molecule has 170 valence electrons. The highest BCUT2D eigenvalue weighted by Crippen LogP contribution is 2.43. The summed E-state index contributed by atoms with van der Waals surface area (Å²) in [7, 11) is 3.76. The molecule has 0 spiro atoms. The van der Waals surface area contributed by atoms with Crippen molar-refractivity contribution in [2.45, 2.75) is 18.9 Å². The van der Waals surface area contributed by atoms with E-state index in [0.717, 1.165) is 53.8 Å². The summed E-state index contributed by atoms with van der Waals surface area (Å²) in [6.45, 7) is 2.59. The Morgan fingerprint density at radius 1 is 1.09 bits per heavy atom. The summed E-state index contributed by atoms with van der Waals surface area (Å²) < 4.78 is 22.8. The Labute approximate surface area is 193 Å². The number of hydrogen-bond acceptors (Lipinski definition) is 7. The molecule has 0 amide bonds. The molecule has 5 rings (SSSR count). The number of likely N-dealkylation sites (tertiary alicyclic amines) is 1. The number of fused-ring (bicyclic) bond motifs is 2. The maximum atomic E-state index is 6.29. The Hall–Kier alpha value is -3.47. The standard InChI is InChI=1S/C26H27N3O4/c1-29-13-11-19(12-14-29)33-24-16-23(20-7-3-4-8-21(20)28-24)27-22-10-9-18(6-5-15-30-2)25-26(22)32-17-31-25/h3-4,7-10,16,19H,11-15,17H2,1-2H3,(H,27,28). The third-order valence-corrected chi connectivity index (χ3v) is 5.87. The summed E-state index contributed by atoms with van der Waals surface area (Å²) in [5.74, 6) is 7.97. The van der Waals surface area contributed by atoms with Crippen LogP contribution in [0.3, 0.4) is 0 Å². The van der Waals surface area contributed by atoms with Crippen LogP contribution < -0.4 is 19.5 Å². The van der Waals surface area contributed by atoms with Crippen LogP contribution in [0.2, 0.25) is 0 Å². The van der Waals surface area contributed by atoms with Crippen LogP contribution in [0, 0.1) is 11.8 Å². The van der Waals surface area contributed by atoms with Crippen molar-refractivity contribution in [2.24, 2.45) is 0 Å². The molecule has 2 aliphatic heterocycles. The van der Waals surface area contributed by atoms with Gasteiger partial charge in [0.2, 0.25) is 12.7 Å². The van der Waals surface area contributed by atoms with Gasteiger partial charge in [-0.15, -0.1) is 0 Å². The molecule has 1 fully saturated rings. The Bertz CT molecular complexity index is 1210. The van der Waals surface area contributed by atoms with E-state index in [9.17, 15) is 0 Å². The predicted molar refractivity (Wildman–Crippen MR) is 127 cm³/mol. The lowest BCUT2D eigenvalue weighted by Crippen LogP contribution is -2.35. The van der Waals surface area contributed by atoms with Crippen LogP contribution in [0.1, 0.15) is 18.4 Å². The molecule has 0 saturated carbocycles. The molecule has 1 saturated heterocycles. The summed E-state index contributed by atoms with van der Waals surface area (Å²) in [4.78, 5) is 7.08. The molecular weight excluding hydrogens is 418 g/mol. The maximum Gasteiger partial charge on any atom is 0.231 e. The van der Waals surface area contributed by atoms with Crippen LogP contribution in [-0.2, 0) is 4.74 Å². The normalized spacial score (nSPS) is 15.8. The zero-order valence-electron chi connectivity index (χ0n) is 18.9. The summed E-state index contributed by atoms with van der Waals surface area (Å²) >= 11 is 0. The van der Waals surface area contributed by atoms with E-state index in [1.165, 1.54) is 0 Å². The number of piperidine rings is 1. The first-order valence-electron chi connectivity index (χ1n) is 11.1. The summed E-state index contributed by atoms with van der Waals surface area (Å²) in [6, 6.07) is 13.9. The van der Waals surface area contributed by atoms with E-state index in [2.05, 4.69) is 29.1 Å². The second-order valence-electron chi connectivity index (χ2n) is 8.23. The van der Waals surface area contributed by atoms with Crippen molar-refractivity contribution in [1.29, 1.82) is 0 Å². The molecular formula is C26H27N3O4. The van der Waals surface area contributed by atoms with E-state index in [1.54, 1.807) is 7.11 Å². The fourth-order valence-electron chi connectivity index (χ4n) is 4.13. The Morgan fingerprint density at radius 2 is 1.91 bits per heavy atom. The van der Waals surface area contributed by atoms with Gasteiger partial charge in [0.05, 0.1) is 22.5 Å². The van der Waals surface area contributed by atoms with Gasteiger partial charge in [0.15, 0.2) is 11.5 Å². The first-order valence-corrected chi connectivity index (χ1v) is 11.1. The minimum absolute atomic E-state index is 0.161. The van der Waals surface area contributed by atoms with Crippen molar-refractivity contribution in [3.8, 4) is 29.2 Å². The van der Waals surface area contributed by atoms with E-state index < -0.39 is 0 Å². The first-order chi connectivity index (χ1) is 16.2. The topological polar surface area (TPSA) is 65.1 Å². The van der Waals surface area contributed by atoms with Crippen LogP contribution in [0.15, 0.2) is 42.5 Å². The zero-order chi connectivity index (χ0) is 22.6. The number of nitrogens with one attached hydrogen (secondary N) is 1. The van der Waals surface area contributed by atoms with Gasteiger partial charge in [0, 0.05) is 31.7 Å². The summed E-state index contributed by atoms with van der Waals surface area (Å²) in [5.41, 5.74) is 3.36. The third kappa shape index (κ3) is 4.68. The Balaban J connectivity index is 1.46. The molecule has 33 heavy (non-hydrogen) atoms. The monoisotopic (exact) mass is 445 g/mol. The van der Waals surface area contributed by atoms with Crippen molar-refractivity contribution in [3.05, 3.63) is 48.0 Å². The number of nitrogens with zero attached hydrogens (tertiary/aromatic N) is 2. The number of ether oxygens (including phenoxy) is 4. The predicted octanol–water partition coefficient (Wildman–Crippen LogP) is 4.18. The minimum Gasteiger partial charge on any atom is -0.474 e. The van der Waals surface area contributed by atoms with E-state index in [-0.39, 0.29) is 12.9 Å². The second-order valence-corrected chi connectivity index (χ2v) is 8.23. The lowest BCUT2D eigenvalue weighted by atomic mass is 10.1. The quantitative estimate of drug-likeness (QED) is 0.591. The summed E-state index contributed by atoms with van der Waals surface area (Å²) in [6.07, 6.45) is 2.17. The number of rotatable bonds is 5. The van der Waals surface area contributed by atoms with Crippen molar-refractivity contribution >= 4 is 22.3 Å². The van der Waals surface area contributed by atoms with Crippen molar-refractivity contribution in [2.75, 3.05) is 46.0 Å². The van der Waals surface area contributed by atoms with Gasteiger partial charge in [-0.2, -0.15) is 0 Å². The zero-order valence-corrected chi connectivity index (χ0v) is 18.9. The Kier molecular flexibility index (Phi) is 6.20. The van der Waals surface area contributed by atoms with Gasteiger partial charge in [-0.05, 0) is 38.1 Å². The van der Waals surface area contributed by atoms with Gasteiger partial charge < -0.3 is 29.2 Å². The fourth-order valence-corrected chi connectivity index (χ4v) is 4.13. The van der Waals surface area contributed by atoms with Crippen LogP contribution in [0.5, 0.6) is 17.4 Å². The molecule has 1 aromatic heterocycles. The highest BCUT2D eigenvalue weighted by atomic mass is 16.7. The molecule has 1 N–H and O–H groups in total. The number of methoxy groups -OCH3 is 1. The molecule has 0 bridgehead atoms. The van der Waals surface area contributed by atoms with E-state index >= 15 is 0 Å². The highest BCUT2D eigenvalue weighted by Gasteiger charge is 2.23. The number of pyridine rings is 1. The van der Waals surface area contributed by atoms with Crippen LogP contribution in [0.25, 0.3) is 10.9 Å². The minimum atomic E-state index is 0.161. The Morgan fingerprint density at radius 3 is 2.76 bits per heavy atom. The van der Waals surface area contributed by atoms with Crippen molar-refractivity contribution in [1.82, 2.24) is 9.88 Å². The molecule has 7 nitrogen and oxygen atoms in total. The number of benzene rings is 2. The van der Waals surface area contributed by atoms with E-state index in [0.29, 0.717) is 24.0 Å². The molecule has 0 radical (unpaired) electrons. The maximum absolute atomic E-state index is 6.29. The molecule has 3 heterocycles. The number of aromatic nitrogens is 1. The molecule has 2 aliphatic rings. The smallest absolute Gasteiger partial charge is 0.231 e. The molecule has 0 atom stereocenters. The van der Waals surface area contributed by atoms with Gasteiger partial charge in [0.1, 0.15) is 12.7 Å². The average molecular weight is 446 g/mol. The average Bonchev–Trinajstić information content (AvgIpc) is 3.33. The SMILES string of the molecule is COCC#Cc1ccc(Nc2cc(OC3CCN(C)CC3)nc3ccccc23)c2c1OCO2. The van der Waals surface area contributed by atoms with Gasteiger partial charge in [0.25, 0.3) is 0 Å². The molecule has 7 heteroatoms. The third-order valence-electron chi connectivity index (χ3n) is 5.87.